The van der Waals surface area contributed by atoms with Crippen LogP contribution in [0.25, 0.3) is 0 Å². The minimum Gasteiger partial charge on any atom is -0.393 e. The molecule has 0 bridgehead atoms. The summed E-state index contributed by atoms with van der Waals surface area (Å²) in [6, 6.07) is 9.69. The minimum atomic E-state index is -0.268. The molecule has 0 heterocycles. The quantitative estimate of drug-likeness (QED) is 0.791. The van der Waals surface area contributed by atoms with Crippen molar-refractivity contribution in [2.45, 2.75) is 44.8 Å². The van der Waals surface area contributed by atoms with Gasteiger partial charge in [0.1, 0.15) is 0 Å². The molecule has 1 aliphatic carbocycles. The topological polar surface area (TPSA) is 61.4 Å². The molecule has 3 atom stereocenters. The van der Waals surface area contributed by atoms with Gasteiger partial charge < -0.3 is 15.7 Å². The lowest BCUT2D eigenvalue weighted by atomic mass is 9.86. The number of amides is 2. The molecule has 3 N–H and O–H groups in total. The first kappa shape index (κ1) is 14.9. The molecule has 1 aromatic rings. The van der Waals surface area contributed by atoms with Crippen LogP contribution in [0, 0.1) is 5.92 Å². The maximum absolute atomic E-state index is 11.9. The molecule has 110 valence electrons. The zero-order valence-electron chi connectivity index (χ0n) is 12.0. The number of urea groups is 1. The number of hydrogen-bond donors (Lipinski definition) is 3. The number of benzene rings is 1. The third kappa shape index (κ3) is 4.23. The summed E-state index contributed by atoms with van der Waals surface area (Å²) in [7, 11) is 0. The van der Waals surface area contributed by atoms with Crippen molar-refractivity contribution >= 4 is 6.03 Å². The van der Waals surface area contributed by atoms with Gasteiger partial charge >= 0.3 is 6.03 Å². The molecule has 0 aliphatic heterocycles. The third-order valence-electron chi connectivity index (χ3n) is 4.04. The maximum atomic E-state index is 11.9. The second-order valence-electron chi connectivity index (χ2n) is 5.60. The molecular formula is C16H24N2O2. The fourth-order valence-electron chi connectivity index (χ4n) is 2.72. The molecule has 1 aliphatic rings. The summed E-state index contributed by atoms with van der Waals surface area (Å²) in [5.41, 5.74) is 1.08. The van der Waals surface area contributed by atoms with E-state index in [1.165, 1.54) is 0 Å². The van der Waals surface area contributed by atoms with E-state index in [4.69, 9.17) is 0 Å². The Labute approximate surface area is 120 Å². The Bertz CT molecular complexity index is 422. The van der Waals surface area contributed by atoms with E-state index in [9.17, 15) is 9.90 Å². The summed E-state index contributed by atoms with van der Waals surface area (Å²) in [6.45, 7) is 2.51. The Hall–Kier alpha value is -1.55. The summed E-state index contributed by atoms with van der Waals surface area (Å²) in [5, 5.41) is 15.7. The van der Waals surface area contributed by atoms with E-state index in [0.29, 0.717) is 6.54 Å². The zero-order valence-corrected chi connectivity index (χ0v) is 12.0. The number of nitrogens with one attached hydrogen (secondary N) is 2. The van der Waals surface area contributed by atoms with E-state index < -0.39 is 0 Å². The van der Waals surface area contributed by atoms with Crippen LogP contribution in [0.4, 0.5) is 4.79 Å². The molecule has 2 amide bonds. The Morgan fingerprint density at radius 1 is 1.30 bits per heavy atom. The number of hydrogen-bond acceptors (Lipinski definition) is 2. The summed E-state index contributed by atoms with van der Waals surface area (Å²) in [4.78, 5) is 11.9. The van der Waals surface area contributed by atoms with Gasteiger partial charge in [-0.25, -0.2) is 4.79 Å². The van der Waals surface area contributed by atoms with Crippen molar-refractivity contribution in [2.24, 2.45) is 5.92 Å². The van der Waals surface area contributed by atoms with E-state index in [2.05, 4.69) is 10.6 Å². The Morgan fingerprint density at radius 3 is 2.70 bits per heavy atom. The van der Waals surface area contributed by atoms with Crippen LogP contribution in [0.1, 0.15) is 44.2 Å². The zero-order chi connectivity index (χ0) is 14.4. The average molecular weight is 276 g/mol. The van der Waals surface area contributed by atoms with Crippen LogP contribution in [0.2, 0.25) is 0 Å². The van der Waals surface area contributed by atoms with Crippen molar-refractivity contribution in [3.05, 3.63) is 35.9 Å². The molecular weight excluding hydrogens is 252 g/mol. The Balaban J connectivity index is 1.75. The van der Waals surface area contributed by atoms with Crippen LogP contribution in [0.3, 0.4) is 0 Å². The second-order valence-corrected chi connectivity index (χ2v) is 5.60. The summed E-state index contributed by atoms with van der Waals surface area (Å²) >= 11 is 0. The summed E-state index contributed by atoms with van der Waals surface area (Å²) in [6.07, 6.45) is 3.82. The van der Waals surface area contributed by atoms with E-state index >= 15 is 0 Å². The Morgan fingerprint density at radius 2 is 2.00 bits per heavy atom. The van der Waals surface area contributed by atoms with Crippen molar-refractivity contribution in [1.29, 1.82) is 0 Å². The molecule has 0 unspecified atom stereocenters. The maximum Gasteiger partial charge on any atom is 0.315 e. The van der Waals surface area contributed by atoms with E-state index in [-0.39, 0.29) is 24.1 Å². The van der Waals surface area contributed by atoms with Gasteiger partial charge in [-0.1, -0.05) is 43.2 Å². The molecule has 0 aromatic heterocycles. The first-order valence-corrected chi connectivity index (χ1v) is 7.44. The number of aliphatic hydroxyl groups excluding tert-OH is 1. The monoisotopic (exact) mass is 276 g/mol. The smallest absolute Gasteiger partial charge is 0.315 e. The van der Waals surface area contributed by atoms with Gasteiger partial charge in [0.05, 0.1) is 12.1 Å². The van der Waals surface area contributed by atoms with Crippen molar-refractivity contribution in [3.63, 3.8) is 0 Å². The molecule has 0 radical (unpaired) electrons. The first-order chi connectivity index (χ1) is 9.66. The van der Waals surface area contributed by atoms with Gasteiger partial charge in [-0.05, 0) is 25.3 Å². The summed E-state index contributed by atoms with van der Waals surface area (Å²) < 4.78 is 0. The predicted molar refractivity (Wildman–Crippen MR) is 79.4 cm³/mol. The molecule has 0 saturated heterocycles. The highest BCUT2D eigenvalue weighted by Crippen LogP contribution is 2.23. The molecule has 1 saturated carbocycles. The number of rotatable bonds is 4. The van der Waals surface area contributed by atoms with Crippen LogP contribution < -0.4 is 10.6 Å². The van der Waals surface area contributed by atoms with Crippen molar-refractivity contribution < 1.29 is 9.90 Å². The van der Waals surface area contributed by atoms with Gasteiger partial charge in [-0.3, -0.25) is 0 Å². The van der Waals surface area contributed by atoms with Gasteiger partial charge in [-0.15, -0.1) is 0 Å². The van der Waals surface area contributed by atoms with Crippen molar-refractivity contribution in [2.75, 3.05) is 6.54 Å². The minimum absolute atomic E-state index is 0.0209. The van der Waals surface area contributed by atoms with E-state index in [1.807, 2.05) is 37.3 Å². The van der Waals surface area contributed by atoms with Gasteiger partial charge in [0.2, 0.25) is 0 Å². The highest BCUT2D eigenvalue weighted by Gasteiger charge is 2.23. The molecule has 1 fully saturated rings. The highest BCUT2D eigenvalue weighted by atomic mass is 16.3. The average Bonchev–Trinajstić information content (AvgIpc) is 2.47. The van der Waals surface area contributed by atoms with Gasteiger partial charge in [0.15, 0.2) is 0 Å². The van der Waals surface area contributed by atoms with Crippen LogP contribution in [0.15, 0.2) is 30.3 Å². The summed E-state index contributed by atoms with van der Waals surface area (Å²) in [5.74, 6) is 0.196. The number of aliphatic hydroxyl groups is 1. The van der Waals surface area contributed by atoms with Crippen LogP contribution in [-0.4, -0.2) is 23.8 Å². The first-order valence-electron chi connectivity index (χ1n) is 7.44. The Kier molecular flexibility index (Phi) is 5.41. The fraction of sp³-hybridized carbons (Fsp3) is 0.562. The fourth-order valence-corrected chi connectivity index (χ4v) is 2.72. The van der Waals surface area contributed by atoms with Gasteiger partial charge in [0, 0.05) is 12.5 Å². The van der Waals surface area contributed by atoms with Crippen molar-refractivity contribution in [3.8, 4) is 0 Å². The highest BCUT2D eigenvalue weighted by molar-refractivity contribution is 5.74. The van der Waals surface area contributed by atoms with Crippen molar-refractivity contribution in [1.82, 2.24) is 10.6 Å². The molecule has 20 heavy (non-hydrogen) atoms. The van der Waals surface area contributed by atoms with E-state index in [1.54, 1.807) is 0 Å². The molecule has 1 aromatic carbocycles. The lowest BCUT2D eigenvalue weighted by molar-refractivity contribution is 0.0708. The normalized spacial score (nSPS) is 23.9. The largest absolute Gasteiger partial charge is 0.393 e. The van der Waals surface area contributed by atoms with E-state index in [0.717, 1.165) is 31.2 Å². The standard InChI is InChI=1S/C16H24N2O2/c1-12(13-7-3-2-4-8-13)18-16(20)17-11-14-9-5-6-10-15(14)19/h2-4,7-8,12,14-15,19H,5-6,9-11H2,1H3,(H2,17,18,20)/t12-,14+,15-/m1/s1. The van der Waals surface area contributed by atoms with Crippen LogP contribution >= 0.6 is 0 Å². The van der Waals surface area contributed by atoms with Crippen LogP contribution in [-0.2, 0) is 0 Å². The SMILES string of the molecule is C[C@@H](NC(=O)NC[C@@H]1CCCC[C@H]1O)c1ccccc1. The predicted octanol–water partition coefficient (Wildman–Crippen LogP) is 2.60. The molecule has 4 heteroatoms. The molecule has 4 nitrogen and oxygen atoms in total. The lowest BCUT2D eigenvalue weighted by Crippen LogP contribution is -2.42. The van der Waals surface area contributed by atoms with Gasteiger partial charge in [0.25, 0.3) is 0 Å². The molecule has 2 rings (SSSR count). The van der Waals surface area contributed by atoms with Crippen LogP contribution in [0.5, 0.6) is 0 Å². The third-order valence-corrected chi connectivity index (χ3v) is 4.04. The second kappa shape index (κ2) is 7.29. The lowest BCUT2D eigenvalue weighted by Gasteiger charge is -2.27. The molecule has 0 spiro atoms. The number of carbonyl (C=O) groups is 1. The van der Waals surface area contributed by atoms with Gasteiger partial charge in [-0.2, -0.15) is 0 Å². The number of carbonyl (C=O) groups excluding carboxylic acids is 1.